The van der Waals surface area contributed by atoms with Gasteiger partial charge in [0.15, 0.2) is 10.5 Å². The van der Waals surface area contributed by atoms with Crippen molar-refractivity contribution in [2.24, 2.45) is 12.0 Å². The van der Waals surface area contributed by atoms with E-state index in [1.165, 1.54) is 16.9 Å². The minimum absolute atomic E-state index is 0.227. The van der Waals surface area contributed by atoms with Crippen molar-refractivity contribution in [3.05, 3.63) is 46.5 Å². The number of carbonyl (C=O) groups is 1. The van der Waals surface area contributed by atoms with Gasteiger partial charge < -0.3 is 4.57 Å². The topological polar surface area (TPSA) is 52.2 Å². The van der Waals surface area contributed by atoms with E-state index in [2.05, 4.69) is 35.2 Å². The minimum atomic E-state index is -0.307. The van der Waals surface area contributed by atoms with E-state index >= 15 is 0 Å². The lowest BCUT2D eigenvalue weighted by Gasteiger charge is -2.02. The van der Waals surface area contributed by atoms with Crippen LogP contribution in [0.2, 0.25) is 0 Å². The average molecular weight is 314 g/mol. The van der Waals surface area contributed by atoms with Crippen LogP contribution in [0.25, 0.3) is 10.2 Å². The SMILES string of the molecule is Cc1ccc2c(c1)sc(=NC(=O)c1ccn(C(C)C)n1)n2C. The Morgan fingerprint density at radius 2 is 2.09 bits per heavy atom. The van der Waals surface area contributed by atoms with Crippen molar-refractivity contribution in [3.63, 3.8) is 0 Å². The Balaban J connectivity index is 2.03. The minimum Gasteiger partial charge on any atom is -0.319 e. The first-order valence-electron chi connectivity index (χ1n) is 7.16. The maximum atomic E-state index is 12.3. The molecule has 0 unspecified atom stereocenters. The van der Waals surface area contributed by atoms with Gasteiger partial charge in [-0.05, 0) is 44.5 Å². The second-order valence-electron chi connectivity index (χ2n) is 5.61. The van der Waals surface area contributed by atoms with Gasteiger partial charge in [-0.25, -0.2) is 0 Å². The zero-order chi connectivity index (χ0) is 15.9. The van der Waals surface area contributed by atoms with E-state index in [9.17, 15) is 4.79 Å². The molecule has 0 fully saturated rings. The molecule has 5 nitrogen and oxygen atoms in total. The van der Waals surface area contributed by atoms with E-state index in [0.29, 0.717) is 10.5 Å². The summed E-state index contributed by atoms with van der Waals surface area (Å²) in [6.45, 7) is 6.10. The molecule has 2 aromatic heterocycles. The molecular formula is C16H18N4OS. The lowest BCUT2D eigenvalue weighted by molar-refractivity contribution is 0.0992. The largest absolute Gasteiger partial charge is 0.319 e. The number of carbonyl (C=O) groups excluding carboxylic acids is 1. The Kier molecular flexibility index (Phi) is 3.70. The molecule has 3 aromatic rings. The molecule has 0 spiro atoms. The van der Waals surface area contributed by atoms with Gasteiger partial charge in [0.25, 0.3) is 5.91 Å². The number of benzene rings is 1. The number of aryl methyl sites for hydroxylation is 2. The Morgan fingerprint density at radius 1 is 1.32 bits per heavy atom. The summed E-state index contributed by atoms with van der Waals surface area (Å²) in [5.74, 6) is -0.307. The van der Waals surface area contributed by atoms with E-state index in [1.54, 1.807) is 10.7 Å². The van der Waals surface area contributed by atoms with Crippen LogP contribution in [0.5, 0.6) is 0 Å². The molecule has 0 saturated carbocycles. The molecule has 0 aliphatic carbocycles. The highest BCUT2D eigenvalue weighted by molar-refractivity contribution is 7.16. The highest BCUT2D eigenvalue weighted by atomic mass is 32.1. The smallest absolute Gasteiger partial charge is 0.300 e. The van der Waals surface area contributed by atoms with Crippen LogP contribution in [-0.2, 0) is 7.05 Å². The quantitative estimate of drug-likeness (QED) is 0.730. The summed E-state index contributed by atoms with van der Waals surface area (Å²) >= 11 is 1.52. The molecule has 3 rings (SSSR count). The molecule has 6 heteroatoms. The summed E-state index contributed by atoms with van der Waals surface area (Å²) in [6.07, 6.45) is 1.81. The van der Waals surface area contributed by atoms with Crippen LogP contribution in [0.15, 0.2) is 35.5 Å². The lowest BCUT2D eigenvalue weighted by atomic mass is 10.2. The Labute approximate surface area is 132 Å². The predicted octanol–water partition coefficient (Wildman–Crippen LogP) is 3.07. The van der Waals surface area contributed by atoms with Crippen LogP contribution in [0, 0.1) is 6.92 Å². The number of aromatic nitrogens is 3. The van der Waals surface area contributed by atoms with E-state index in [-0.39, 0.29) is 11.9 Å². The molecule has 0 radical (unpaired) electrons. The van der Waals surface area contributed by atoms with Crippen molar-refractivity contribution in [2.75, 3.05) is 0 Å². The summed E-state index contributed by atoms with van der Waals surface area (Å²) in [7, 11) is 1.92. The number of amides is 1. The monoisotopic (exact) mass is 314 g/mol. The first kappa shape index (κ1) is 14.7. The average Bonchev–Trinajstić information content (AvgIpc) is 3.05. The van der Waals surface area contributed by atoms with Crippen molar-refractivity contribution < 1.29 is 4.79 Å². The highest BCUT2D eigenvalue weighted by Crippen LogP contribution is 2.18. The van der Waals surface area contributed by atoms with E-state index in [1.807, 2.05) is 31.7 Å². The van der Waals surface area contributed by atoms with Gasteiger partial charge in [0.1, 0.15) is 0 Å². The van der Waals surface area contributed by atoms with Crippen molar-refractivity contribution in [2.45, 2.75) is 26.8 Å². The standard InChI is InChI=1S/C16H18N4OS/c1-10(2)20-8-7-12(18-20)15(21)17-16-19(4)13-6-5-11(3)9-14(13)22-16/h5-10H,1-4H3. The second-order valence-corrected chi connectivity index (χ2v) is 6.62. The van der Waals surface area contributed by atoms with Crippen LogP contribution in [0.4, 0.5) is 0 Å². The number of hydrogen-bond acceptors (Lipinski definition) is 3. The number of nitrogens with zero attached hydrogens (tertiary/aromatic N) is 4. The second kappa shape index (κ2) is 5.53. The highest BCUT2D eigenvalue weighted by Gasteiger charge is 2.11. The maximum absolute atomic E-state index is 12.3. The number of thiazole rings is 1. The molecule has 22 heavy (non-hydrogen) atoms. The molecule has 114 valence electrons. The number of rotatable bonds is 2. The van der Waals surface area contributed by atoms with Gasteiger partial charge in [-0.15, -0.1) is 0 Å². The molecule has 0 aliphatic heterocycles. The van der Waals surface area contributed by atoms with Gasteiger partial charge >= 0.3 is 0 Å². The summed E-state index contributed by atoms with van der Waals surface area (Å²) in [5.41, 5.74) is 2.65. The van der Waals surface area contributed by atoms with Crippen LogP contribution < -0.4 is 4.80 Å². The summed E-state index contributed by atoms with van der Waals surface area (Å²) in [6, 6.07) is 8.16. The third-order valence-corrected chi connectivity index (χ3v) is 4.61. The molecule has 0 aliphatic rings. The zero-order valence-corrected chi connectivity index (χ0v) is 13.9. The predicted molar refractivity (Wildman–Crippen MR) is 88.0 cm³/mol. The van der Waals surface area contributed by atoms with E-state index in [4.69, 9.17) is 0 Å². The van der Waals surface area contributed by atoms with Gasteiger partial charge in [0.2, 0.25) is 0 Å². The van der Waals surface area contributed by atoms with E-state index < -0.39 is 0 Å². The van der Waals surface area contributed by atoms with Gasteiger partial charge in [-0.2, -0.15) is 10.1 Å². The summed E-state index contributed by atoms with van der Waals surface area (Å²) in [4.78, 5) is 17.2. The fourth-order valence-corrected chi connectivity index (χ4v) is 3.35. The number of hydrogen-bond donors (Lipinski definition) is 0. The molecule has 1 aromatic carbocycles. The summed E-state index contributed by atoms with van der Waals surface area (Å²) < 4.78 is 4.83. The third kappa shape index (κ3) is 2.62. The first-order chi connectivity index (χ1) is 10.5. The molecule has 1 amide bonds. The van der Waals surface area contributed by atoms with Crippen molar-refractivity contribution >= 4 is 27.5 Å². The molecule has 0 bridgehead atoms. The van der Waals surface area contributed by atoms with Crippen molar-refractivity contribution in [1.29, 1.82) is 0 Å². The number of fused-ring (bicyclic) bond motifs is 1. The maximum Gasteiger partial charge on any atom is 0.300 e. The molecular weight excluding hydrogens is 296 g/mol. The normalized spacial score (nSPS) is 12.5. The fraction of sp³-hybridized carbons (Fsp3) is 0.312. The summed E-state index contributed by atoms with van der Waals surface area (Å²) in [5, 5.41) is 4.27. The Bertz CT molecular complexity index is 914. The fourth-order valence-electron chi connectivity index (χ4n) is 2.23. The van der Waals surface area contributed by atoms with Gasteiger partial charge in [0.05, 0.1) is 10.2 Å². The molecule has 0 saturated heterocycles. The molecule has 0 atom stereocenters. The third-order valence-electron chi connectivity index (χ3n) is 3.52. The molecule has 2 heterocycles. The van der Waals surface area contributed by atoms with Crippen LogP contribution in [-0.4, -0.2) is 20.3 Å². The van der Waals surface area contributed by atoms with E-state index in [0.717, 1.165) is 10.2 Å². The Hall–Kier alpha value is -2.21. The lowest BCUT2D eigenvalue weighted by Crippen LogP contribution is -2.14. The zero-order valence-electron chi connectivity index (χ0n) is 13.1. The van der Waals surface area contributed by atoms with Crippen LogP contribution in [0.1, 0.15) is 35.9 Å². The van der Waals surface area contributed by atoms with Crippen LogP contribution >= 0.6 is 11.3 Å². The molecule has 0 N–H and O–H groups in total. The van der Waals surface area contributed by atoms with Crippen LogP contribution in [0.3, 0.4) is 0 Å². The van der Waals surface area contributed by atoms with Crippen molar-refractivity contribution in [1.82, 2.24) is 14.3 Å². The van der Waals surface area contributed by atoms with Gasteiger partial charge in [-0.3, -0.25) is 9.48 Å². The van der Waals surface area contributed by atoms with Gasteiger partial charge in [0, 0.05) is 19.3 Å². The van der Waals surface area contributed by atoms with Crippen molar-refractivity contribution in [3.8, 4) is 0 Å². The van der Waals surface area contributed by atoms with Gasteiger partial charge in [-0.1, -0.05) is 17.4 Å². The Morgan fingerprint density at radius 3 is 2.77 bits per heavy atom. The first-order valence-corrected chi connectivity index (χ1v) is 7.98.